The molecule has 4 aliphatic rings. The molecule has 20 nitrogen and oxygen atoms in total. The van der Waals surface area contributed by atoms with Crippen LogP contribution in [0.4, 0.5) is 111 Å². The van der Waals surface area contributed by atoms with Crippen LogP contribution in [0.1, 0.15) is 193 Å². The van der Waals surface area contributed by atoms with E-state index in [1.54, 1.807) is 48.5 Å². The van der Waals surface area contributed by atoms with E-state index >= 15 is 0 Å². The predicted molar refractivity (Wildman–Crippen MR) is 520 cm³/mol. The number of carbonyl (C=O) groups excluding carboxylic acids is 4. The first kappa shape index (κ1) is 118. The van der Waals surface area contributed by atoms with Crippen LogP contribution in [0.2, 0.25) is 0 Å². The van der Waals surface area contributed by atoms with Crippen LogP contribution in [0.25, 0.3) is 0 Å². The molecule has 4 unspecified atom stereocenters. The molecule has 0 aliphatic heterocycles. The first-order valence-corrected chi connectivity index (χ1v) is 47.7. The maximum absolute atomic E-state index is 13.2. The van der Waals surface area contributed by atoms with Gasteiger partial charge in [0.1, 0.15) is 57.5 Å². The number of alkyl halides is 20. The van der Waals surface area contributed by atoms with Crippen LogP contribution in [0.5, 0.6) is 69.0 Å². The van der Waals surface area contributed by atoms with Crippen LogP contribution in [0.15, 0.2) is 170 Å². The average molecular weight is 2150 g/mol. The molecule has 8 aromatic rings. The number of hydrogen-bond donors (Lipinski definition) is 4. The van der Waals surface area contributed by atoms with E-state index in [2.05, 4.69) is 59.2 Å². The van der Waals surface area contributed by atoms with Crippen LogP contribution >= 0.6 is 48.9 Å². The zero-order chi connectivity index (χ0) is 107. The number of thiocarbonyl (C=S) groups is 4. The highest BCUT2D eigenvalue weighted by atomic mass is 32.1. The van der Waals surface area contributed by atoms with Gasteiger partial charge in [-0.1, -0.05) is 97.4 Å². The summed E-state index contributed by atoms with van der Waals surface area (Å²) in [6.07, 6.45) is -18.0. The smallest absolute Gasteiger partial charge is 0.490 e. The highest BCUT2D eigenvalue weighted by molar-refractivity contribution is 7.81. The number of anilines is 4. The van der Waals surface area contributed by atoms with Gasteiger partial charge in [-0.25, -0.2) is 0 Å². The third-order valence-electron chi connectivity index (χ3n) is 22.2. The van der Waals surface area contributed by atoms with E-state index in [9.17, 15) is 107 Å². The fourth-order valence-electron chi connectivity index (χ4n) is 16.8. The molecule has 44 heteroatoms. The summed E-state index contributed by atoms with van der Waals surface area (Å²) in [6.45, 7) is 7.56. The first-order valence-electron chi connectivity index (χ1n) is 46.1. The number of halogens is 20. The Morgan fingerprint density at radius 2 is 0.479 bits per heavy atom. The third kappa shape index (κ3) is 46.1. The quantitative estimate of drug-likeness (QED) is 0.0207. The summed E-state index contributed by atoms with van der Waals surface area (Å²) in [7, 11) is 0. The average Bonchev–Trinajstić information content (AvgIpc) is 1.59. The van der Waals surface area contributed by atoms with Crippen molar-refractivity contribution in [3.05, 3.63) is 192 Å². The van der Waals surface area contributed by atoms with E-state index < -0.39 is 84.9 Å². The molecule has 0 saturated heterocycles. The molecule has 0 heterocycles. The number of ether oxygens (including phenoxy) is 12. The Morgan fingerprint density at radius 1 is 0.260 bits per heavy atom. The van der Waals surface area contributed by atoms with Crippen molar-refractivity contribution in [3.8, 4) is 69.0 Å². The van der Waals surface area contributed by atoms with Crippen molar-refractivity contribution in [1.82, 2.24) is 0 Å². The Bertz CT molecular complexity index is 5740. The van der Waals surface area contributed by atoms with Gasteiger partial charge in [0.05, 0.1) is 47.2 Å². The van der Waals surface area contributed by atoms with E-state index in [1.807, 2.05) is 12.1 Å². The van der Waals surface area contributed by atoms with Gasteiger partial charge in [0.25, 0.3) is 0 Å². The molecule has 4 amide bonds. The van der Waals surface area contributed by atoms with Crippen LogP contribution in [0, 0.1) is 23.7 Å². The van der Waals surface area contributed by atoms with Gasteiger partial charge < -0.3 is 78.1 Å². The molecule has 8 aromatic carbocycles. The maximum Gasteiger partial charge on any atom is 0.573 e. The summed E-state index contributed by atoms with van der Waals surface area (Å²) in [5.41, 5.74) is 3.07. The highest BCUT2D eigenvalue weighted by Crippen LogP contribution is 2.44. The lowest BCUT2D eigenvalue weighted by Gasteiger charge is -2.30. The summed E-state index contributed by atoms with van der Waals surface area (Å²) in [6, 6.07) is 40.4. The number of rotatable bonds is 40. The molecule has 4 fully saturated rings. The van der Waals surface area contributed by atoms with Gasteiger partial charge in [0.15, 0.2) is 11.5 Å². The van der Waals surface area contributed by atoms with Crippen LogP contribution in [0.3, 0.4) is 0 Å². The van der Waals surface area contributed by atoms with Crippen LogP contribution in [-0.2, 0) is 44.9 Å². The zero-order valence-corrected chi connectivity index (χ0v) is 83.3. The van der Waals surface area contributed by atoms with Gasteiger partial charge in [0, 0.05) is 105 Å². The number of amides is 4. The molecule has 0 radical (unpaired) electrons. The minimum Gasteiger partial charge on any atom is -0.490 e. The molecule has 4 saturated carbocycles. The summed E-state index contributed by atoms with van der Waals surface area (Å²) in [4.78, 5) is 49.1. The largest absolute Gasteiger partial charge is 0.573 e. The second-order valence-electron chi connectivity index (χ2n) is 35.8. The van der Waals surface area contributed by atoms with Gasteiger partial charge >= 0.3 is 49.9 Å². The molecule has 12 rings (SSSR count). The minimum atomic E-state index is -4.90. The monoisotopic (exact) mass is 2150 g/mol. The molecule has 4 atom stereocenters. The molecule has 4 aliphatic carbocycles. The lowest BCUT2D eigenvalue weighted by Crippen LogP contribution is -2.26. The van der Waals surface area contributed by atoms with Crippen molar-refractivity contribution >= 4 is 115 Å². The van der Waals surface area contributed by atoms with Gasteiger partial charge in [-0.3, -0.25) is 19.2 Å². The highest BCUT2D eigenvalue weighted by Gasteiger charge is 2.39. The maximum atomic E-state index is 13.2. The Kier molecular flexibility index (Phi) is 42.5. The Hall–Kier alpha value is -11.8. The fraction of sp³-hybridized carbons (Fsp3) is 0.451. The third-order valence-corrected chi connectivity index (χ3v) is 23.4. The zero-order valence-electron chi connectivity index (χ0n) is 80.1. The van der Waals surface area contributed by atoms with Gasteiger partial charge in [0.2, 0.25) is 23.6 Å². The van der Waals surface area contributed by atoms with E-state index in [4.69, 9.17) is 67.8 Å². The van der Waals surface area contributed by atoms with Crippen molar-refractivity contribution in [2.24, 2.45) is 23.7 Å². The van der Waals surface area contributed by atoms with Crippen LogP contribution in [-0.4, -0.2) is 117 Å². The van der Waals surface area contributed by atoms with Crippen molar-refractivity contribution in [3.63, 3.8) is 0 Å². The fourth-order valence-corrected chi connectivity index (χ4v) is 18.5. The number of benzene rings is 8. The second-order valence-corrected chi connectivity index (χ2v) is 38.1. The molecular formula is C102H108F20N4O16S4. The molecule has 146 heavy (non-hydrogen) atoms. The topological polar surface area (TPSA) is 227 Å². The van der Waals surface area contributed by atoms with Crippen LogP contribution < -0.4 is 78.1 Å². The van der Waals surface area contributed by atoms with Crippen molar-refractivity contribution in [2.45, 2.75) is 271 Å². The second kappa shape index (κ2) is 52.7. The predicted octanol–water partition coefficient (Wildman–Crippen LogP) is 29.1. The number of carbonyl (C=O) groups is 4. The van der Waals surface area contributed by atoms with E-state index in [1.165, 1.54) is 113 Å². The molecular weight excluding hydrogens is 2050 g/mol. The van der Waals surface area contributed by atoms with E-state index in [0.29, 0.717) is 144 Å². The lowest BCUT2D eigenvalue weighted by molar-refractivity contribution is -0.275. The van der Waals surface area contributed by atoms with Crippen molar-refractivity contribution in [1.29, 1.82) is 0 Å². The minimum absolute atomic E-state index is 0.0717. The van der Waals surface area contributed by atoms with E-state index in [0.717, 1.165) is 120 Å². The van der Waals surface area contributed by atoms with Gasteiger partial charge in [-0.2, -0.15) is 35.1 Å². The Morgan fingerprint density at radius 3 is 0.774 bits per heavy atom. The summed E-state index contributed by atoms with van der Waals surface area (Å²) in [5.74, 6) is -1.17. The van der Waals surface area contributed by atoms with Crippen molar-refractivity contribution in [2.75, 3.05) is 21.3 Å². The lowest BCUT2D eigenvalue weighted by atomic mass is 9.84. The SMILES string of the molecule is CC(=O)Nc1cc(OC(C)(F)F)ccc1OC1CCC(CC(=S)Cc2cccc(OC(F)(F)F)c2)C1.CC(=O)Nc1cc(OC(F)(F)F)ccc1OC1CCC(CC(=S)Cc2cccc(OC(C)(F)F)c2)CC1.CC(=O)Nc1cc(OC2CCC(CC(=S)Cc3cccc(OC(C)(F)F)c3)C2)ccc1OC(F)(F)F.CC(=O)Nc1cc(OC2CCC(CC(=S)Cc3cccc(OC(C)(F)F)c3)CC2)ccc1OC(F)(F)F. The summed E-state index contributed by atoms with van der Waals surface area (Å²) in [5, 5.41) is 9.71. The number of nitrogens with one attached hydrogen (secondary N) is 4. The summed E-state index contributed by atoms with van der Waals surface area (Å²) >= 11 is 22.1. The summed E-state index contributed by atoms with van der Waals surface area (Å²) < 4.78 is 314. The van der Waals surface area contributed by atoms with E-state index in [-0.39, 0.29) is 99.4 Å². The first-order chi connectivity index (χ1) is 68.0. The molecule has 796 valence electrons. The molecule has 4 N–H and O–H groups in total. The van der Waals surface area contributed by atoms with Gasteiger partial charge in [-0.15, -0.1) is 52.7 Å². The van der Waals surface area contributed by atoms with Gasteiger partial charge in [-0.05, 0) is 278 Å². The Labute approximate surface area is 850 Å². The standard InChI is InChI=1S/2C26H28F5NO4S.2C25H26F5NO4S/c1-16(33)32-23-15-20(10-11-24(23)36-26(29,30)31)34-19-8-6-17(7-9-19)13-22(37)14-18-4-3-5-21(12-18)35-25(2,27)28;1-16(33)32-23-15-21(36-26(29,30)31)10-11-24(23)34-19-8-6-17(7-9-19)13-22(37)14-18-4-3-5-20(12-18)35-25(2,27)28;1-15(32)31-22-14-19(8-9-23(22)35-25(28,29)30)33-18-7-6-17(10-18)13-21(36)12-16-4-3-5-20(11-16)34-24(2,26)27;1-15(32)31-22-14-20(34-24(2,26)27)8-9-23(22)33-18-7-6-17(10-18)13-21(36)12-16-4-3-5-19(11-16)35-25(28,29)30/h2*3-5,10-12,15,17,19H,6-9,13-14H2,1-2H3,(H,32,33);2*3-5,8-9,11,14,17-18H,6-7,10,12-13H2,1-2H3,(H,31,32). The Balaban J connectivity index is 0.000000217. The molecule has 0 aromatic heterocycles. The molecule has 0 bridgehead atoms. The number of hydrogen-bond acceptors (Lipinski definition) is 20. The normalized spacial score (nSPS) is 18.1. The molecule has 0 spiro atoms. The van der Waals surface area contributed by atoms with Crippen molar-refractivity contribution < 1.29 is 164 Å².